The van der Waals surface area contributed by atoms with E-state index in [4.69, 9.17) is 15.1 Å². The van der Waals surface area contributed by atoms with E-state index in [0.717, 1.165) is 40.1 Å². The second-order valence-electron chi connectivity index (χ2n) is 14.1. The van der Waals surface area contributed by atoms with Gasteiger partial charge in [0.05, 0.1) is 0 Å². The lowest BCUT2D eigenvalue weighted by Crippen LogP contribution is -2.35. The summed E-state index contributed by atoms with van der Waals surface area (Å²) in [6.45, 7) is 19.0. The molecule has 304 valence electrons. The molecule has 0 spiro atoms. The van der Waals surface area contributed by atoms with Gasteiger partial charge in [-0.25, -0.2) is 23.1 Å². The number of hydrogen-bond donors (Lipinski definition) is 3. The molecular formula is C38H52N8O8S2. The second-order valence-corrected chi connectivity index (χ2v) is 17.2. The van der Waals surface area contributed by atoms with Crippen molar-refractivity contribution in [2.45, 2.75) is 103 Å². The number of nitriles is 1. The Hall–Kier alpha value is -5.38. The predicted molar refractivity (Wildman–Crippen MR) is 213 cm³/mol. The number of urea groups is 1. The number of para-hydroxylation sites is 2. The molecule has 4 rings (SSSR count). The number of primary sulfonamides is 1. The number of carbonyl (C=O) groups is 3. The molecule has 0 bridgehead atoms. The molecular weight excluding hydrogens is 761 g/mol. The minimum absolute atomic E-state index is 0.132. The Labute approximate surface area is 329 Å². The van der Waals surface area contributed by atoms with E-state index >= 15 is 0 Å². The highest BCUT2D eigenvalue weighted by Gasteiger charge is 2.25. The van der Waals surface area contributed by atoms with Crippen molar-refractivity contribution in [2.75, 3.05) is 5.32 Å². The molecule has 0 radical (unpaired) electrons. The van der Waals surface area contributed by atoms with Crippen LogP contribution >= 0.6 is 0 Å². The maximum Gasteiger partial charge on any atom is 0.333 e. The fraction of sp³-hybridized carbons (Fsp3) is 0.421. The van der Waals surface area contributed by atoms with E-state index in [0.29, 0.717) is 17.5 Å². The van der Waals surface area contributed by atoms with Crippen molar-refractivity contribution >= 4 is 43.3 Å². The zero-order chi connectivity index (χ0) is 42.9. The summed E-state index contributed by atoms with van der Waals surface area (Å²) >= 11 is 0. The normalized spacial score (nSPS) is 11.4. The molecule has 0 fully saturated rings. The highest BCUT2D eigenvalue weighted by molar-refractivity contribution is 7.90. The Morgan fingerprint density at radius 3 is 1.41 bits per heavy atom. The first kappa shape index (κ1) is 46.8. The number of nitrogens with zero attached hydrogens (tertiary/aromatic N) is 5. The summed E-state index contributed by atoms with van der Waals surface area (Å²) in [6, 6.07) is 13.2. The van der Waals surface area contributed by atoms with E-state index in [9.17, 15) is 31.2 Å². The number of amides is 2. The van der Waals surface area contributed by atoms with Crippen LogP contribution in [0.4, 0.5) is 10.5 Å². The van der Waals surface area contributed by atoms with Gasteiger partial charge in [-0.3, -0.25) is 19.0 Å². The van der Waals surface area contributed by atoms with Crippen molar-refractivity contribution in [3.63, 3.8) is 0 Å². The van der Waals surface area contributed by atoms with Crippen molar-refractivity contribution in [1.82, 2.24) is 24.3 Å². The number of sulfonamides is 2. The first-order valence-corrected chi connectivity index (χ1v) is 20.6. The Bertz CT molecular complexity index is 2270. The highest BCUT2D eigenvalue weighted by Crippen LogP contribution is 2.34. The Morgan fingerprint density at radius 1 is 0.714 bits per heavy atom. The van der Waals surface area contributed by atoms with E-state index in [-0.39, 0.29) is 39.8 Å². The molecule has 2 aromatic heterocycles. The van der Waals surface area contributed by atoms with E-state index in [1.54, 1.807) is 6.26 Å². The first-order valence-electron chi connectivity index (χ1n) is 17.6. The number of nitrogens with one attached hydrogen (secondary N) is 2. The van der Waals surface area contributed by atoms with Gasteiger partial charge in [0.15, 0.2) is 21.6 Å². The molecule has 2 aromatic carbocycles. The minimum atomic E-state index is -4.23. The lowest BCUT2D eigenvalue weighted by Gasteiger charge is -2.20. The van der Waals surface area contributed by atoms with Crippen LogP contribution < -0.4 is 19.9 Å². The van der Waals surface area contributed by atoms with Gasteiger partial charge in [-0.05, 0) is 45.9 Å². The number of ketones is 2. The maximum atomic E-state index is 12.5. The summed E-state index contributed by atoms with van der Waals surface area (Å²) in [7, 11) is -5.11. The van der Waals surface area contributed by atoms with E-state index in [1.165, 1.54) is 37.3 Å². The van der Waals surface area contributed by atoms with Gasteiger partial charge in [-0.1, -0.05) is 91.8 Å². The summed E-state index contributed by atoms with van der Waals surface area (Å²) < 4.78 is 56.0. The number of anilines is 1. The van der Waals surface area contributed by atoms with Gasteiger partial charge < -0.3 is 10.1 Å². The number of rotatable bonds is 11. The molecule has 0 aliphatic carbocycles. The van der Waals surface area contributed by atoms with E-state index < -0.39 is 31.1 Å². The maximum absolute atomic E-state index is 12.5. The summed E-state index contributed by atoms with van der Waals surface area (Å²) in [5, 5.41) is 22.9. The fourth-order valence-corrected chi connectivity index (χ4v) is 6.87. The average Bonchev–Trinajstić information content (AvgIpc) is 3.68. The Morgan fingerprint density at radius 2 is 1.09 bits per heavy atom. The number of hydrogen-bond acceptors (Lipinski definition) is 11. The molecule has 0 unspecified atom stereocenters. The van der Waals surface area contributed by atoms with E-state index in [1.807, 2.05) is 68.8 Å². The van der Waals surface area contributed by atoms with Crippen LogP contribution in [0.15, 0.2) is 58.6 Å². The second kappa shape index (κ2) is 19.5. The molecule has 2 heterocycles. The van der Waals surface area contributed by atoms with Crippen LogP contribution in [0.25, 0.3) is 0 Å². The number of aryl methyl sites for hydroxylation is 2. The predicted octanol–water partition coefficient (Wildman–Crippen LogP) is 6.44. The summed E-state index contributed by atoms with van der Waals surface area (Å²) in [5.74, 6) is 1.17. The number of Topliss-reactive ketones (excluding diaryl/α,β-unsaturated/α-hetero) is 2. The third-order valence-electron chi connectivity index (χ3n) is 8.31. The van der Waals surface area contributed by atoms with Crippen LogP contribution in [0.1, 0.15) is 136 Å². The molecule has 18 heteroatoms. The van der Waals surface area contributed by atoms with Gasteiger partial charge in [0, 0.05) is 45.8 Å². The number of nitrogens with two attached hydrogens (primary N) is 1. The standard InChI is InChI=1S/C19H26N4O4S.C13H17NO.C6H9N3O3S/c1-11(2)14-8-7-9-15(12(3)4)18(14)20-19(25)22-28(26,27)17-10-16(13(5)24)23(6)21-17;1-9(2)11-6-5-7-12(10(3)4)13(11)15-8-14;1-4(10)5-3-6(8-9(5)2)13(7,11)12/h7-12H,1-6H3,(H2,20,22,25);5-7,9-10H,1-4H3;3H,1-2H3,(H2,7,11,12). The van der Waals surface area contributed by atoms with Crippen molar-refractivity contribution < 1.29 is 36.0 Å². The SMILES string of the molecule is CC(=O)c1cc(S(=O)(=O)NC(=O)Nc2c(C(C)C)cccc2C(C)C)nn1C.CC(=O)c1cc(S(N)(=O)=O)nn1C.CC(C)c1cccc(C(C)C)c1OC#N. The van der Waals surface area contributed by atoms with Crippen LogP contribution in [-0.2, 0) is 34.1 Å². The van der Waals surface area contributed by atoms with E-state index in [2.05, 4.69) is 43.2 Å². The van der Waals surface area contributed by atoms with Crippen LogP contribution in [0.5, 0.6) is 5.75 Å². The number of aromatic nitrogens is 4. The number of benzene rings is 2. The lowest BCUT2D eigenvalue weighted by molar-refractivity contribution is 0.0996. The number of carbonyl (C=O) groups excluding carboxylic acids is 3. The number of ether oxygens (including phenoxy) is 1. The van der Waals surface area contributed by atoms with Gasteiger partial charge in [0.25, 0.3) is 26.3 Å². The van der Waals surface area contributed by atoms with Gasteiger partial charge >= 0.3 is 6.03 Å². The third kappa shape index (κ3) is 12.3. The van der Waals surface area contributed by atoms with Crippen LogP contribution in [0, 0.1) is 11.5 Å². The third-order valence-corrected chi connectivity index (χ3v) is 10.3. The largest absolute Gasteiger partial charge is 0.387 e. The monoisotopic (exact) mass is 812 g/mol. The zero-order valence-electron chi connectivity index (χ0n) is 33.8. The molecule has 0 saturated carbocycles. The summed E-state index contributed by atoms with van der Waals surface area (Å²) in [5.41, 5.74) is 4.97. The van der Waals surface area contributed by atoms with Crippen LogP contribution in [0.3, 0.4) is 0 Å². The minimum Gasteiger partial charge on any atom is -0.387 e. The summed E-state index contributed by atoms with van der Waals surface area (Å²) in [4.78, 5) is 34.9. The topological polar surface area (TPSA) is 238 Å². The Kier molecular flexibility index (Phi) is 16.3. The average molecular weight is 813 g/mol. The van der Waals surface area contributed by atoms with Crippen LogP contribution in [0.2, 0.25) is 0 Å². The van der Waals surface area contributed by atoms with Gasteiger partial charge in [0.1, 0.15) is 17.1 Å². The molecule has 0 saturated heterocycles. The zero-order valence-corrected chi connectivity index (χ0v) is 35.5. The fourth-order valence-electron chi connectivity index (χ4n) is 5.47. The van der Waals surface area contributed by atoms with Gasteiger partial charge in [-0.2, -0.15) is 18.6 Å². The van der Waals surface area contributed by atoms with Crippen molar-refractivity contribution in [1.29, 1.82) is 5.26 Å². The molecule has 2 amide bonds. The lowest BCUT2D eigenvalue weighted by atomic mass is 9.93. The van der Waals surface area contributed by atoms with Gasteiger partial charge in [-0.15, -0.1) is 5.26 Å². The molecule has 4 N–H and O–H groups in total. The molecule has 4 aromatic rings. The molecule has 56 heavy (non-hydrogen) atoms. The quantitative estimate of drug-likeness (QED) is 0.110. The van der Waals surface area contributed by atoms with Crippen molar-refractivity contribution in [2.24, 2.45) is 19.2 Å². The van der Waals surface area contributed by atoms with Crippen molar-refractivity contribution in [3.8, 4) is 12.0 Å². The highest BCUT2D eigenvalue weighted by atomic mass is 32.2. The first-order chi connectivity index (χ1) is 25.8. The molecule has 0 aliphatic heterocycles. The van der Waals surface area contributed by atoms with Crippen molar-refractivity contribution in [3.05, 3.63) is 82.2 Å². The molecule has 0 aliphatic rings. The molecule has 0 atom stereocenters. The van der Waals surface area contributed by atoms with Gasteiger partial charge in [0.2, 0.25) is 0 Å². The summed E-state index contributed by atoms with van der Waals surface area (Å²) in [6.07, 6.45) is 1.77. The molecule has 16 nitrogen and oxygen atoms in total. The van der Waals surface area contributed by atoms with Crippen LogP contribution in [-0.4, -0.2) is 54.0 Å². The smallest absolute Gasteiger partial charge is 0.333 e. The Balaban J connectivity index is 0.000000324.